The lowest BCUT2D eigenvalue weighted by molar-refractivity contribution is 0.0729. The first-order valence-electron chi connectivity index (χ1n) is 10.6. The van der Waals surface area contributed by atoms with Gasteiger partial charge in [0.05, 0.1) is 40.2 Å². The Bertz CT molecular complexity index is 1320. The van der Waals surface area contributed by atoms with Crippen LogP contribution >= 0.6 is 11.3 Å². The normalized spacial score (nSPS) is 14.4. The zero-order chi connectivity index (χ0) is 25.0. The van der Waals surface area contributed by atoms with Gasteiger partial charge in [0, 0.05) is 29.6 Å². The summed E-state index contributed by atoms with van der Waals surface area (Å²) in [7, 11) is 0.648. The van der Waals surface area contributed by atoms with Crippen molar-refractivity contribution in [3.05, 3.63) is 47.3 Å². The second-order valence-electron chi connectivity index (χ2n) is 7.44. The first-order chi connectivity index (χ1) is 16.9. The molecule has 12 heteroatoms. The molecule has 1 N–H and O–H groups in total. The van der Waals surface area contributed by atoms with E-state index in [1.54, 1.807) is 37.8 Å². The molecule has 1 aliphatic rings. The average molecular weight is 520 g/mol. The Kier molecular flexibility index (Phi) is 7.55. The average Bonchev–Trinajstić information content (AvgIpc) is 3.36. The van der Waals surface area contributed by atoms with Crippen molar-refractivity contribution < 1.29 is 32.2 Å². The highest BCUT2D eigenvalue weighted by Crippen LogP contribution is 2.35. The molecule has 2 heterocycles. The third kappa shape index (κ3) is 5.25. The van der Waals surface area contributed by atoms with Crippen LogP contribution in [0.25, 0.3) is 11.3 Å². The predicted molar refractivity (Wildman–Crippen MR) is 131 cm³/mol. The van der Waals surface area contributed by atoms with E-state index in [9.17, 15) is 13.2 Å². The van der Waals surface area contributed by atoms with Crippen molar-refractivity contribution in [2.75, 3.05) is 52.9 Å². The molecule has 1 aliphatic heterocycles. The number of aromatic nitrogens is 1. The number of hydrogen-bond donors (Lipinski definition) is 1. The van der Waals surface area contributed by atoms with E-state index in [4.69, 9.17) is 18.9 Å². The molecule has 1 saturated heterocycles. The SMILES string of the molecule is COc1ccc(OC)c(-c2csc(NC(=O)c3ccc(OC)c(S(=O)(=O)N4CCOCC4)c3)n2)c1. The van der Waals surface area contributed by atoms with Crippen LogP contribution < -0.4 is 19.5 Å². The highest BCUT2D eigenvalue weighted by atomic mass is 32.2. The standard InChI is InChI=1S/C23H25N3O7S2/c1-30-16-5-7-19(31-2)17(13-16)18-14-34-23(24-18)25-22(27)15-4-6-20(32-3)21(12-15)35(28,29)26-8-10-33-11-9-26/h4-7,12-14H,8-11H2,1-3H3,(H,24,25,27). The van der Waals surface area contributed by atoms with E-state index in [0.717, 1.165) is 0 Å². The number of carbonyl (C=O) groups is 1. The van der Waals surface area contributed by atoms with Crippen molar-refractivity contribution in [1.82, 2.24) is 9.29 Å². The molecule has 1 aromatic heterocycles. The molecule has 1 amide bonds. The second-order valence-corrected chi connectivity index (χ2v) is 10.2. The first kappa shape index (κ1) is 24.9. The van der Waals surface area contributed by atoms with Gasteiger partial charge < -0.3 is 18.9 Å². The zero-order valence-electron chi connectivity index (χ0n) is 19.4. The van der Waals surface area contributed by atoms with Crippen LogP contribution in [0.15, 0.2) is 46.7 Å². The van der Waals surface area contributed by atoms with E-state index < -0.39 is 15.9 Å². The van der Waals surface area contributed by atoms with Gasteiger partial charge in [0.25, 0.3) is 5.91 Å². The fourth-order valence-electron chi connectivity index (χ4n) is 3.58. The summed E-state index contributed by atoms with van der Waals surface area (Å²) in [6.45, 7) is 1.09. The smallest absolute Gasteiger partial charge is 0.257 e. The molecule has 0 unspecified atom stereocenters. The van der Waals surface area contributed by atoms with Crippen LogP contribution in [0, 0.1) is 0 Å². The minimum Gasteiger partial charge on any atom is -0.497 e. The fraction of sp³-hybridized carbons (Fsp3) is 0.304. The maximum atomic E-state index is 13.2. The Morgan fingerprint density at radius 1 is 1.03 bits per heavy atom. The number of benzene rings is 2. The summed E-state index contributed by atoms with van der Waals surface area (Å²) >= 11 is 1.24. The monoisotopic (exact) mass is 519 g/mol. The summed E-state index contributed by atoms with van der Waals surface area (Å²) < 4.78 is 48.9. The van der Waals surface area contributed by atoms with Crippen LogP contribution in [-0.2, 0) is 14.8 Å². The molecule has 0 radical (unpaired) electrons. The zero-order valence-corrected chi connectivity index (χ0v) is 21.1. The lowest BCUT2D eigenvalue weighted by atomic mass is 10.1. The van der Waals surface area contributed by atoms with Crippen LogP contribution in [0.4, 0.5) is 5.13 Å². The number of rotatable bonds is 8. The Balaban J connectivity index is 1.59. The van der Waals surface area contributed by atoms with Crippen LogP contribution in [0.3, 0.4) is 0 Å². The Morgan fingerprint density at radius 2 is 1.74 bits per heavy atom. The third-order valence-electron chi connectivity index (χ3n) is 5.42. The Morgan fingerprint density at radius 3 is 2.43 bits per heavy atom. The van der Waals surface area contributed by atoms with E-state index in [0.29, 0.717) is 41.1 Å². The number of anilines is 1. The van der Waals surface area contributed by atoms with Crippen LogP contribution in [-0.4, -0.2) is 71.2 Å². The van der Waals surface area contributed by atoms with Crippen LogP contribution in [0.5, 0.6) is 17.2 Å². The lowest BCUT2D eigenvalue weighted by Crippen LogP contribution is -2.40. The van der Waals surface area contributed by atoms with Crippen molar-refractivity contribution in [2.45, 2.75) is 4.90 Å². The van der Waals surface area contributed by atoms with E-state index in [1.165, 1.54) is 41.0 Å². The summed E-state index contributed by atoms with van der Waals surface area (Å²) in [6.07, 6.45) is 0. The molecular formula is C23H25N3O7S2. The number of thiazole rings is 1. The Hall–Kier alpha value is -3.19. The molecule has 10 nitrogen and oxygen atoms in total. The van der Waals surface area contributed by atoms with E-state index in [1.807, 2.05) is 0 Å². The van der Waals surface area contributed by atoms with Gasteiger partial charge in [-0.15, -0.1) is 11.3 Å². The Labute approximate surface area is 207 Å². The molecule has 0 saturated carbocycles. The molecule has 0 spiro atoms. The number of sulfonamides is 1. The molecular weight excluding hydrogens is 494 g/mol. The highest BCUT2D eigenvalue weighted by molar-refractivity contribution is 7.89. The van der Waals surface area contributed by atoms with E-state index in [2.05, 4.69) is 10.3 Å². The molecule has 1 fully saturated rings. The quantitative estimate of drug-likeness (QED) is 0.483. The summed E-state index contributed by atoms with van der Waals surface area (Å²) in [5.74, 6) is 0.924. The first-order valence-corrected chi connectivity index (χ1v) is 12.9. The molecule has 0 aliphatic carbocycles. The lowest BCUT2D eigenvalue weighted by Gasteiger charge is -2.26. The summed E-state index contributed by atoms with van der Waals surface area (Å²) in [5, 5.41) is 4.87. The fourth-order valence-corrected chi connectivity index (χ4v) is 5.88. The van der Waals surface area contributed by atoms with Crippen molar-refractivity contribution in [2.24, 2.45) is 0 Å². The van der Waals surface area contributed by atoms with Gasteiger partial charge in [0.15, 0.2) is 5.13 Å². The molecule has 3 aromatic rings. The maximum absolute atomic E-state index is 13.2. The predicted octanol–water partition coefficient (Wildman–Crippen LogP) is 3.11. The topological polar surface area (TPSA) is 116 Å². The van der Waals surface area contributed by atoms with Crippen LogP contribution in [0.1, 0.15) is 10.4 Å². The van der Waals surface area contributed by atoms with Crippen molar-refractivity contribution in [1.29, 1.82) is 0 Å². The molecule has 186 valence electrons. The molecule has 4 rings (SSSR count). The summed E-state index contributed by atoms with van der Waals surface area (Å²) in [5.41, 5.74) is 1.48. The number of methoxy groups -OCH3 is 3. The van der Waals surface area contributed by atoms with Crippen molar-refractivity contribution in [3.8, 4) is 28.5 Å². The third-order valence-corrected chi connectivity index (χ3v) is 8.10. The summed E-state index contributed by atoms with van der Waals surface area (Å²) in [6, 6.07) is 9.65. The highest BCUT2D eigenvalue weighted by Gasteiger charge is 2.30. The minimum atomic E-state index is -3.87. The number of carbonyl (C=O) groups excluding carboxylic acids is 1. The maximum Gasteiger partial charge on any atom is 0.257 e. The van der Waals surface area contributed by atoms with Gasteiger partial charge in [-0.05, 0) is 36.4 Å². The summed E-state index contributed by atoms with van der Waals surface area (Å²) in [4.78, 5) is 17.4. The van der Waals surface area contributed by atoms with Crippen LogP contribution in [0.2, 0.25) is 0 Å². The molecule has 35 heavy (non-hydrogen) atoms. The largest absolute Gasteiger partial charge is 0.497 e. The van der Waals surface area contributed by atoms with Gasteiger partial charge >= 0.3 is 0 Å². The van der Waals surface area contributed by atoms with Crippen molar-refractivity contribution in [3.63, 3.8) is 0 Å². The van der Waals surface area contributed by atoms with E-state index in [-0.39, 0.29) is 29.3 Å². The number of ether oxygens (including phenoxy) is 4. The number of morpholine rings is 1. The van der Waals surface area contributed by atoms with Crippen molar-refractivity contribution >= 4 is 32.4 Å². The second kappa shape index (κ2) is 10.6. The van der Waals surface area contributed by atoms with Gasteiger partial charge in [-0.2, -0.15) is 4.31 Å². The number of nitrogens with one attached hydrogen (secondary N) is 1. The molecule has 0 bridgehead atoms. The van der Waals surface area contributed by atoms with Gasteiger partial charge in [-0.1, -0.05) is 0 Å². The molecule has 2 aromatic carbocycles. The van der Waals surface area contributed by atoms with Gasteiger partial charge in [0.1, 0.15) is 22.1 Å². The van der Waals surface area contributed by atoms with Gasteiger partial charge in [-0.3, -0.25) is 10.1 Å². The van der Waals surface area contributed by atoms with Gasteiger partial charge in [-0.25, -0.2) is 13.4 Å². The number of nitrogens with zero attached hydrogens (tertiary/aromatic N) is 2. The number of amides is 1. The molecule has 0 atom stereocenters. The minimum absolute atomic E-state index is 0.0736. The number of hydrogen-bond acceptors (Lipinski definition) is 9. The van der Waals surface area contributed by atoms with Gasteiger partial charge in [0.2, 0.25) is 10.0 Å². The van der Waals surface area contributed by atoms with E-state index >= 15 is 0 Å².